The average molecular weight is 401 g/mol. The van der Waals surface area contributed by atoms with Crippen LogP contribution in [0.4, 0.5) is 4.39 Å². The van der Waals surface area contributed by atoms with Crippen LogP contribution in [0.15, 0.2) is 24.5 Å². The van der Waals surface area contributed by atoms with Gasteiger partial charge >= 0.3 is 0 Å². The normalized spacial score (nSPS) is 21.8. The molecule has 1 aliphatic carbocycles. The minimum Gasteiger partial charge on any atom is -0.490 e. The average Bonchev–Trinajstić information content (AvgIpc) is 3.26. The van der Waals surface area contributed by atoms with Gasteiger partial charge in [0, 0.05) is 42.0 Å². The molecular formula is C21H22ClFN4O. The topological polar surface area (TPSA) is 52.0 Å². The summed E-state index contributed by atoms with van der Waals surface area (Å²) in [6.07, 6.45) is 6.84. The summed E-state index contributed by atoms with van der Waals surface area (Å²) in [4.78, 5) is 8.59. The van der Waals surface area contributed by atoms with Crippen LogP contribution in [0.3, 0.4) is 0 Å². The lowest BCUT2D eigenvalue weighted by Crippen LogP contribution is -2.25. The van der Waals surface area contributed by atoms with Crippen molar-refractivity contribution >= 4 is 22.6 Å². The minimum atomic E-state index is -0.269. The molecule has 0 amide bonds. The number of ether oxygens (including phenoxy) is 1. The van der Waals surface area contributed by atoms with E-state index in [2.05, 4.69) is 15.3 Å². The maximum atomic E-state index is 14.3. The molecule has 2 unspecified atom stereocenters. The molecule has 146 valence electrons. The van der Waals surface area contributed by atoms with E-state index < -0.39 is 0 Å². The second-order valence-electron chi connectivity index (χ2n) is 7.71. The molecule has 5 rings (SSSR count). The number of rotatable bonds is 3. The summed E-state index contributed by atoms with van der Waals surface area (Å²) in [5, 5.41) is 4.60. The summed E-state index contributed by atoms with van der Waals surface area (Å²) in [5.41, 5.74) is 3.14. The maximum absolute atomic E-state index is 14.3. The Labute approximate surface area is 167 Å². The molecule has 3 heterocycles. The molecule has 0 radical (unpaired) electrons. The van der Waals surface area contributed by atoms with Crippen molar-refractivity contribution < 1.29 is 9.13 Å². The summed E-state index contributed by atoms with van der Waals surface area (Å²) in [7, 11) is 0. The zero-order chi connectivity index (χ0) is 19.3. The Morgan fingerprint density at radius 1 is 1.32 bits per heavy atom. The van der Waals surface area contributed by atoms with E-state index in [0.29, 0.717) is 16.9 Å². The summed E-state index contributed by atoms with van der Waals surface area (Å²) in [6, 6.07) is 4.13. The second-order valence-corrected chi connectivity index (χ2v) is 8.15. The largest absolute Gasteiger partial charge is 0.490 e. The molecular weight excluding hydrogens is 379 g/mol. The van der Waals surface area contributed by atoms with Gasteiger partial charge in [-0.3, -0.25) is 0 Å². The molecule has 0 spiro atoms. The second kappa shape index (κ2) is 7.01. The van der Waals surface area contributed by atoms with Crippen LogP contribution in [-0.4, -0.2) is 27.2 Å². The molecule has 1 saturated carbocycles. The quantitative estimate of drug-likeness (QED) is 0.710. The summed E-state index contributed by atoms with van der Waals surface area (Å²) in [5.74, 6) is 1.26. The molecule has 1 aliphatic heterocycles. The van der Waals surface area contributed by atoms with Crippen molar-refractivity contribution in [2.24, 2.45) is 0 Å². The highest BCUT2D eigenvalue weighted by molar-refractivity contribution is 6.30. The smallest absolute Gasteiger partial charge is 0.151 e. The summed E-state index contributed by atoms with van der Waals surface area (Å²) >= 11 is 6.31. The van der Waals surface area contributed by atoms with Gasteiger partial charge in [-0.25, -0.2) is 14.4 Å². The third kappa shape index (κ3) is 3.14. The van der Waals surface area contributed by atoms with Gasteiger partial charge in [-0.2, -0.15) is 0 Å². The molecule has 1 fully saturated rings. The van der Waals surface area contributed by atoms with E-state index in [0.717, 1.165) is 49.5 Å². The zero-order valence-electron chi connectivity index (χ0n) is 15.7. The number of hydrogen-bond donors (Lipinski definition) is 1. The number of aryl methyl sites for hydroxylation is 1. The number of fused-ring (bicyclic) bond motifs is 2. The highest BCUT2D eigenvalue weighted by Gasteiger charge is 2.30. The third-order valence-electron chi connectivity index (χ3n) is 5.83. The Morgan fingerprint density at radius 3 is 3.11 bits per heavy atom. The van der Waals surface area contributed by atoms with Crippen LogP contribution < -0.4 is 10.1 Å². The van der Waals surface area contributed by atoms with Gasteiger partial charge in [-0.15, -0.1) is 0 Å². The van der Waals surface area contributed by atoms with Gasteiger partial charge in [0.15, 0.2) is 5.82 Å². The molecule has 2 atom stereocenters. The molecule has 1 aromatic carbocycles. The van der Waals surface area contributed by atoms with Crippen LogP contribution in [0.25, 0.3) is 11.0 Å². The first-order valence-electron chi connectivity index (χ1n) is 9.77. The van der Waals surface area contributed by atoms with E-state index in [1.807, 2.05) is 23.6 Å². The Morgan fingerprint density at radius 2 is 2.21 bits per heavy atom. The Hall–Kier alpha value is -2.18. The molecule has 2 aromatic heterocycles. The highest BCUT2D eigenvalue weighted by atomic mass is 35.5. The molecule has 0 saturated heterocycles. The van der Waals surface area contributed by atoms with E-state index >= 15 is 0 Å². The first-order valence-corrected chi connectivity index (χ1v) is 10.1. The first-order chi connectivity index (χ1) is 13.6. The van der Waals surface area contributed by atoms with Crippen LogP contribution in [0.2, 0.25) is 5.02 Å². The summed E-state index contributed by atoms with van der Waals surface area (Å²) < 4.78 is 22.7. The molecule has 1 N–H and O–H groups in total. The number of benzene rings is 1. The Kier molecular flexibility index (Phi) is 4.48. The molecule has 3 aromatic rings. The van der Waals surface area contributed by atoms with Crippen molar-refractivity contribution in [1.82, 2.24) is 19.9 Å². The Balaban J connectivity index is 1.39. The van der Waals surface area contributed by atoms with E-state index in [4.69, 9.17) is 16.3 Å². The fourth-order valence-electron chi connectivity index (χ4n) is 4.44. The van der Waals surface area contributed by atoms with Crippen LogP contribution in [-0.2, 0) is 13.0 Å². The Bertz CT molecular complexity index is 1050. The van der Waals surface area contributed by atoms with Crippen molar-refractivity contribution in [3.8, 4) is 5.75 Å². The van der Waals surface area contributed by atoms with Gasteiger partial charge in [0.2, 0.25) is 0 Å². The van der Waals surface area contributed by atoms with Gasteiger partial charge in [0.1, 0.15) is 23.3 Å². The first kappa shape index (κ1) is 17.9. The van der Waals surface area contributed by atoms with Crippen molar-refractivity contribution in [2.75, 3.05) is 6.54 Å². The number of halogens is 2. The fraction of sp³-hybridized carbons (Fsp3) is 0.429. The van der Waals surface area contributed by atoms with Crippen molar-refractivity contribution in [3.63, 3.8) is 0 Å². The number of nitrogens with zero attached hydrogens (tertiary/aromatic N) is 3. The minimum absolute atomic E-state index is 0.0814. The number of aromatic nitrogens is 3. The molecule has 28 heavy (non-hydrogen) atoms. The summed E-state index contributed by atoms with van der Waals surface area (Å²) in [6.45, 7) is 3.60. The standard InChI is InChI=1S/C21H22ClFN4O/c1-12-25-10-18-19(23)11-27(21(18)26-12)15-2-3-16(8-15)28-20-7-14(22)6-13-4-5-24-9-17(13)20/h6-7,10-11,15-16,24H,2-5,8-9H2,1H3. The lowest BCUT2D eigenvalue weighted by Gasteiger charge is -2.23. The lowest BCUT2D eigenvalue weighted by molar-refractivity contribution is 0.202. The van der Waals surface area contributed by atoms with Crippen LogP contribution in [0, 0.1) is 12.7 Å². The number of hydrogen-bond acceptors (Lipinski definition) is 4. The van der Waals surface area contributed by atoms with Crippen LogP contribution >= 0.6 is 11.6 Å². The zero-order valence-corrected chi connectivity index (χ0v) is 16.5. The maximum Gasteiger partial charge on any atom is 0.151 e. The van der Waals surface area contributed by atoms with Gasteiger partial charge in [-0.1, -0.05) is 11.6 Å². The molecule has 0 bridgehead atoms. The van der Waals surface area contributed by atoms with E-state index in [1.165, 1.54) is 11.1 Å². The van der Waals surface area contributed by atoms with Gasteiger partial charge < -0.3 is 14.6 Å². The van der Waals surface area contributed by atoms with Gasteiger partial charge in [0.25, 0.3) is 0 Å². The predicted molar refractivity (Wildman–Crippen MR) is 106 cm³/mol. The SMILES string of the molecule is Cc1ncc2c(F)cn(C3CCC(Oc4cc(Cl)cc5c4CNCC5)C3)c2n1. The van der Waals surface area contributed by atoms with E-state index in [1.54, 1.807) is 12.4 Å². The van der Waals surface area contributed by atoms with Crippen molar-refractivity contribution in [2.45, 2.75) is 51.3 Å². The van der Waals surface area contributed by atoms with Crippen LogP contribution in [0.5, 0.6) is 5.75 Å². The van der Waals surface area contributed by atoms with E-state index in [-0.39, 0.29) is 18.0 Å². The number of nitrogens with one attached hydrogen (secondary N) is 1. The van der Waals surface area contributed by atoms with Gasteiger partial charge in [0.05, 0.1) is 5.39 Å². The fourth-order valence-corrected chi connectivity index (χ4v) is 4.67. The molecule has 5 nitrogen and oxygen atoms in total. The molecule has 7 heteroatoms. The highest BCUT2D eigenvalue weighted by Crippen LogP contribution is 2.38. The van der Waals surface area contributed by atoms with Crippen LogP contribution in [0.1, 0.15) is 42.3 Å². The van der Waals surface area contributed by atoms with E-state index in [9.17, 15) is 4.39 Å². The predicted octanol–water partition coefficient (Wildman–Crippen LogP) is 4.35. The van der Waals surface area contributed by atoms with Crippen molar-refractivity contribution in [1.29, 1.82) is 0 Å². The molecule has 2 aliphatic rings. The monoisotopic (exact) mass is 400 g/mol. The third-order valence-corrected chi connectivity index (χ3v) is 6.04. The van der Waals surface area contributed by atoms with Crippen molar-refractivity contribution in [3.05, 3.63) is 52.3 Å². The van der Waals surface area contributed by atoms with Gasteiger partial charge in [-0.05, 0) is 50.4 Å². The lowest BCUT2D eigenvalue weighted by atomic mass is 10.00.